The van der Waals surface area contributed by atoms with Crippen molar-refractivity contribution in [3.8, 4) is 0 Å². The van der Waals surface area contributed by atoms with E-state index >= 15 is 0 Å². The van der Waals surface area contributed by atoms with Crippen LogP contribution in [0.1, 0.15) is 41.0 Å². The van der Waals surface area contributed by atoms with E-state index in [0.29, 0.717) is 23.7 Å². The molecule has 1 rings (SSSR count). The van der Waals surface area contributed by atoms with Crippen LogP contribution < -0.4 is 5.32 Å². The van der Waals surface area contributed by atoms with Crippen molar-refractivity contribution in [1.29, 1.82) is 0 Å². The van der Waals surface area contributed by atoms with Crippen molar-refractivity contribution in [2.75, 3.05) is 18.9 Å². The van der Waals surface area contributed by atoms with E-state index in [1.54, 1.807) is 11.8 Å². The molecule has 1 N–H and O–H groups in total. The summed E-state index contributed by atoms with van der Waals surface area (Å²) < 4.78 is 5.86. The van der Waals surface area contributed by atoms with Gasteiger partial charge in [-0.05, 0) is 12.3 Å². The highest BCUT2D eigenvalue weighted by molar-refractivity contribution is 8.01. The van der Waals surface area contributed by atoms with Crippen LogP contribution in [0.5, 0.6) is 0 Å². The maximum atomic E-state index is 11.8. The average molecular weight is 273 g/mol. The quantitative estimate of drug-likeness (QED) is 0.837. The van der Waals surface area contributed by atoms with E-state index in [-0.39, 0.29) is 10.7 Å². The van der Waals surface area contributed by atoms with Gasteiger partial charge in [0.15, 0.2) is 0 Å². The van der Waals surface area contributed by atoms with Crippen LogP contribution in [-0.4, -0.2) is 35.7 Å². The summed E-state index contributed by atoms with van der Waals surface area (Å²) in [6.07, 6.45) is 1.37. The summed E-state index contributed by atoms with van der Waals surface area (Å²) >= 11 is 1.69. The minimum atomic E-state index is 0.143. The average Bonchev–Trinajstić information content (AvgIpc) is 2.70. The van der Waals surface area contributed by atoms with Gasteiger partial charge in [-0.1, -0.05) is 34.6 Å². The topological polar surface area (TPSA) is 38.3 Å². The molecule has 2 atom stereocenters. The molecule has 0 saturated carbocycles. The molecule has 18 heavy (non-hydrogen) atoms. The lowest BCUT2D eigenvalue weighted by atomic mass is 9.93. The van der Waals surface area contributed by atoms with Crippen LogP contribution in [0.4, 0.5) is 0 Å². The number of hydrogen-bond acceptors (Lipinski definition) is 3. The molecule has 4 heteroatoms. The largest absolute Gasteiger partial charge is 0.378 e. The van der Waals surface area contributed by atoms with Crippen LogP contribution in [0.15, 0.2) is 0 Å². The van der Waals surface area contributed by atoms with Gasteiger partial charge in [0.25, 0.3) is 0 Å². The number of hydrogen-bond donors (Lipinski definition) is 1. The van der Waals surface area contributed by atoms with Crippen molar-refractivity contribution in [1.82, 2.24) is 5.32 Å². The molecule has 1 fully saturated rings. The Morgan fingerprint density at radius 2 is 2.11 bits per heavy atom. The minimum absolute atomic E-state index is 0.143. The number of nitrogens with one attached hydrogen (secondary N) is 1. The molecule has 0 aliphatic carbocycles. The third-order valence-electron chi connectivity index (χ3n) is 3.12. The van der Waals surface area contributed by atoms with E-state index in [1.807, 2.05) is 0 Å². The minimum Gasteiger partial charge on any atom is -0.378 e. The van der Waals surface area contributed by atoms with Crippen molar-refractivity contribution < 1.29 is 9.53 Å². The van der Waals surface area contributed by atoms with Crippen LogP contribution in [-0.2, 0) is 9.53 Å². The maximum absolute atomic E-state index is 11.8. The molecule has 1 amide bonds. The molecule has 1 aliphatic rings. The second-order valence-corrected chi connectivity index (χ2v) is 8.14. The smallest absolute Gasteiger partial charge is 0.230 e. The summed E-state index contributed by atoms with van der Waals surface area (Å²) in [6, 6.07) is 0. The fraction of sp³-hybridized carbons (Fsp3) is 0.929. The molecular formula is C14H27NO2S. The summed E-state index contributed by atoms with van der Waals surface area (Å²) in [5.74, 6) is 1.69. The van der Waals surface area contributed by atoms with Crippen LogP contribution in [0.2, 0.25) is 0 Å². The molecule has 3 nitrogen and oxygen atoms in total. The molecular weight excluding hydrogens is 246 g/mol. The third-order valence-corrected chi connectivity index (χ3v) is 4.39. The second-order valence-electron chi connectivity index (χ2n) is 6.33. The van der Waals surface area contributed by atoms with Gasteiger partial charge in [-0.3, -0.25) is 4.79 Å². The van der Waals surface area contributed by atoms with Crippen LogP contribution in [0.3, 0.4) is 0 Å². The first-order chi connectivity index (χ1) is 8.29. The van der Waals surface area contributed by atoms with Gasteiger partial charge in [-0.25, -0.2) is 0 Å². The summed E-state index contributed by atoms with van der Waals surface area (Å²) in [5.41, 5.74) is 0. The van der Waals surface area contributed by atoms with Gasteiger partial charge in [-0.2, -0.15) is 0 Å². The summed E-state index contributed by atoms with van der Waals surface area (Å²) in [6.45, 7) is 12.3. The van der Waals surface area contributed by atoms with E-state index < -0.39 is 0 Å². The predicted octanol–water partition coefficient (Wildman–Crippen LogP) is 2.70. The zero-order chi connectivity index (χ0) is 13.8. The highest BCUT2D eigenvalue weighted by Crippen LogP contribution is 2.26. The van der Waals surface area contributed by atoms with E-state index in [1.165, 1.54) is 0 Å². The van der Waals surface area contributed by atoms with E-state index in [0.717, 1.165) is 19.6 Å². The Morgan fingerprint density at radius 1 is 1.44 bits per heavy atom. The monoisotopic (exact) mass is 273 g/mol. The summed E-state index contributed by atoms with van der Waals surface area (Å²) in [4.78, 5) is 11.8. The number of carbonyl (C=O) groups is 1. The maximum Gasteiger partial charge on any atom is 0.230 e. The lowest BCUT2D eigenvalue weighted by Crippen LogP contribution is -2.36. The van der Waals surface area contributed by atoms with E-state index in [4.69, 9.17) is 4.74 Å². The Labute approximate surface area is 115 Å². The SMILES string of the molecule is CC(C)[C@H]1OCC[C@@H]1CNC(=O)CSC(C)(C)C. The molecule has 0 radical (unpaired) electrons. The van der Waals surface area contributed by atoms with Gasteiger partial charge < -0.3 is 10.1 Å². The molecule has 0 spiro atoms. The second kappa shape index (κ2) is 6.80. The van der Waals surface area contributed by atoms with Crippen molar-refractivity contribution in [3.63, 3.8) is 0 Å². The molecule has 1 heterocycles. The molecule has 1 aliphatic heterocycles. The predicted molar refractivity (Wildman–Crippen MR) is 77.9 cm³/mol. The first-order valence-corrected chi connectivity index (χ1v) is 7.80. The number of carbonyl (C=O) groups excluding carboxylic acids is 1. The standard InChI is InChI=1S/C14H27NO2S/c1-10(2)13-11(6-7-17-13)8-15-12(16)9-18-14(3,4)5/h10-11,13H,6-9H2,1-5H3,(H,15,16)/t11-,13-/m1/s1. The molecule has 1 saturated heterocycles. The number of rotatable bonds is 5. The molecule has 0 aromatic heterocycles. The fourth-order valence-electron chi connectivity index (χ4n) is 2.19. The third kappa shape index (κ3) is 5.61. The van der Waals surface area contributed by atoms with Gasteiger partial charge in [0.1, 0.15) is 0 Å². The Bertz CT molecular complexity index is 273. The Hall–Kier alpha value is -0.220. The fourth-order valence-corrected chi connectivity index (χ4v) is 2.86. The Kier molecular flexibility index (Phi) is 5.99. The summed E-state index contributed by atoms with van der Waals surface area (Å²) in [7, 11) is 0. The Balaban J connectivity index is 2.26. The zero-order valence-corrected chi connectivity index (χ0v) is 13.1. The first-order valence-electron chi connectivity index (χ1n) is 6.82. The normalized spacial score (nSPS) is 24.6. The molecule has 0 bridgehead atoms. The van der Waals surface area contributed by atoms with Crippen molar-refractivity contribution in [3.05, 3.63) is 0 Å². The molecule has 0 aromatic carbocycles. The first kappa shape index (κ1) is 15.8. The lowest BCUT2D eigenvalue weighted by molar-refractivity contribution is -0.118. The van der Waals surface area contributed by atoms with Crippen LogP contribution >= 0.6 is 11.8 Å². The van der Waals surface area contributed by atoms with E-state index in [9.17, 15) is 4.79 Å². The van der Waals surface area contributed by atoms with Crippen LogP contribution in [0.25, 0.3) is 0 Å². The van der Waals surface area contributed by atoms with Gasteiger partial charge in [0.2, 0.25) is 5.91 Å². The summed E-state index contributed by atoms with van der Waals surface area (Å²) in [5, 5.41) is 3.04. The molecule has 0 aromatic rings. The highest BCUT2D eigenvalue weighted by atomic mass is 32.2. The number of amides is 1. The van der Waals surface area contributed by atoms with Gasteiger partial charge >= 0.3 is 0 Å². The zero-order valence-electron chi connectivity index (χ0n) is 12.3. The number of ether oxygens (including phenoxy) is 1. The van der Waals surface area contributed by atoms with Crippen molar-refractivity contribution in [2.24, 2.45) is 11.8 Å². The molecule has 106 valence electrons. The van der Waals surface area contributed by atoms with Gasteiger partial charge in [0.05, 0.1) is 11.9 Å². The Morgan fingerprint density at radius 3 is 2.67 bits per heavy atom. The highest BCUT2D eigenvalue weighted by Gasteiger charge is 2.30. The lowest BCUT2D eigenvalue weighted by Gasteiger charge is -2.22. The van der Waals surface area contributed by atoms with Gasteiger partial charge in [0, 0.05) is 23.8 Å². The molecule has 0 unspecified atom stereocenters. The van der Waals surface area contributed by atoms with Crippen molar-refractivity contribution in [2.45, 2.75) is 51.9 Å². The van der Waals surface area contributed by atoms with Crippen LogP contribution in [0, 0.1) is 11.8 Å². The van der Waals surface area contributed by atoms with Crippen molar-refractivity contribution >= 4 is 17.7 Å². The van der Waals surface area contributed by atoms with Gasteiger partial charge in [-0.15, -0.1) is 11.8 Å². The number of thioether (sulfide) groups is 1. The van der Waals surface area contributed by atoms with E-state index in [2.05, 4.69) is 39.9 Å².